The van der Waals surface area contributed by atoms with Gasteiger partial charge >= 0.3 is 5.97 Å². The van der Waals surface area contributed by atoms with Gasteiger partial charge in [0.15, 0.2) is 0 Å². The van der Waals surface area contributed by atoms with Gasteiger partial charge in [-0.1, -0.05) is 46.1 Å². The van der Waals surface area contributed by atoms with Crippen molar-refractivity contribution in [2.24, 2.45) is 0 Å². The smallest absolute Gasteiger partial charge is 0.303 e. The third kappa shape index (κ3) is 5.03. The summed E-state index contributed by atoms with van der Waals surface area (Å²) in [6.07, 6.45) is 0.170. The maximum absolute atomic E-state index is 11.2. The van der Waals surface area contributed by atoms with Crippen LogP contribution in [0.5, 0.6) is 0 Å². The van der Waals surface area contributed by atoms with Crippen LogP contribution in [-0.2, 0) is 16.0 Å². The Hall–Kier alpha value is -0.630. The number of carboxylic acids is 1. The Labute approximate surface area is 115 Å². The number of alkyl halides is 3. The number of aryl methyl sites for hydroxylation is 1. The third-order valence-electron chi connectivity index (χ3n) is 1.50. The number of hydrogen-bond donors (Lipinski definition) is 2. The monoisotopic (exact) mass is 317 g/mol. The summed E-state index contributed by atoms with van der Waals surface area (Å²) >= 11 is 17.0. The predicted molar refractivity (Wildman–Crippen MR) is 64.8 cm³/mol. The lowest BCUT2D eigenvalue weighted by molar-refractivity contribution is -0.137. The van der Waals surface area contributed by atoms with Crippen molar-refractivity contribution in [1.29, 1.82) is 0 Å². The number of nitrogens with one attached hydrogen (secondary N) is 1. The Morgan fingerprint density at radius 3 is 2.53 bits per heavy atom. The van der Waals surface area contributed by atoms with Crippen molar-refractivity contribution in [3.8, 4) is 0 Å². The van der Waals surface area contributed by atoms with E-state index in [0.717, 1.165) is 11.3 Å². The lowest BCUT2D eigenvalue weighted by Gasteiger charge is -2.07. The highest BCUT2D eigenvalue weighted by molar-refractivity contribution is 7.15. The first kappa shape index (κ1) is 14.4. The maximum Gasteiger partial charge on any atom is 0.303 e. The average Bonchev–Trinajstić information content (AvgIpc) is 2.61. The fourth-order valence-electron chi connectivity index (χ4n) is 0.787. The normalized spacial score (nSPS) is 11.2. The van der Waals surface area contributed by atoms with E-state index in [-0.39, 0.29) is 18.0 Å². The van der Waals surface area contributed by atoms with E-state index in [9.17, 15) is 9.59 Å². The molecule has 0 aromatic carbocycles. The Kier molecular flexibility index (Phi) is 4.93. The molecular formula is C7H6Cl3N3O3S. The lowest BCUT2D eigenvalue weighted by Crippen LogP contribution is -2.26. The standard InChI is InChI=1S/C7H6Cl3N3O3S/c8-7(9,10)5(16)11-6-13-12-3(17-6)1-2-4(14)15/h1-2H2,(H,14,15)(H,11,13,16). The molecule has 94 valence electrons. The summed E-state index contributed by atoms with van der Waals surface area (Å²) in [7, 11) is 0. The molecule has 10 heteroatoms. The van der Waals surface area contributed by atoms with Crippen LogP contribution in [-0.4, -0.2) is 31.0 Å². The summed E-state index contributed by atoms with van der Waals surface area (Å²) in [5, 5.41) is 18.7. The number of halogens is 3. The number of amides is 1. The molecule has 1 rings (SSSR count). The number of aliphatic carboxylic acids is 1. The second-order valence-corrected chi connectivity index (χ2v) is 6.19. The number of carboxylic acid groups (broad SMARTS) is 1. The lowest BCUT2D eigenvalue weighted by atomic mass is 10.3. The number of aromatic nitrogens is 2. The molecular weight excluding hydrogens is 313 g/mol. The molecule has 0 radical (unpaired) electrons. The topological polar surface area (TPSA) is 92.2 Å². The van der Waals surface area contributed by atoms with Gasteiger partial charge in [0.2, 0.25) is 5.13 Å². The molecule has 0 spiro atoms. The van der Waals surface area contributed by atoms with E-state index in [1.165, 1.54) is 0 Å². The molecule has 0 saturated carbocycles. The number of carbonyl (C=O) groups is 2. The van der Waals surface area contributed by atoms with Crippen LogP contribution in [0.15, 0.2) is 0 Å². The average molecular weight is 319 g/mol. The van der Waals surface area contributed by atoms with Gasteiger partial charge < -0.3 is 5.11 Å². The molecule has 0 aliphatic heterocycles. The zero-order valence-corrected chi connectivity index (χ0v) is 11.2. The van der Waals surface area contributed by atoms with Crippen molar-refractivity contribution in [3.05, 3.63) is 5.01 Å². The van der Waals surface area contributed by atoms with Crippen molar-refractivity contribution in [1.82, 2.24) is 10.2 Å². The highest BCUT2D eigenvalue weighted by atomic mass is 35.6. The van der Waals surface area contributed by atoms with Gasteiger partial charge in [0.1, 0.15) is 5.01 Å². The first-order chi connectivity index (χ1) is 7.79. The number of rotatable bonds is 4. The van der Waals surface area contributed by atoms with Crippen LogP contribution in [0.4, 0.5) is 5.13 Å². The molecule has 0 aliphatic carbocycles. The van der Waals surface area contributed by atoms with Crippen molar-refractivity contribution in [3.63, 3.8) is 0 Å². The van der Waals surface area contributed by atoms with E-state index in [1.54, 1.807) is 0 Å². The minimum atomic E-state index is -2.08. The second-order valence-electron chi connectivity index (χ2n) is 2.85. The van der Waals surface area contributed by atoms with Gasteiger partial charge in [0.05, 0.1) is 6.42 Å². The highest BCUT2D eigenvalue weighted by Crippen LogP contribution is 2.28. The van der Waals surface area contributed by atoms with Crippen LogP contribution >= 0.6 is 46.1 Å². The van der Waals surface area contributed by atoms with Gasteiger partial charge in [-0.2, -0.15) is 0 Å². The molecule has 2 N–H and O–H groups in total. The van der Waals surface area contributed by atoms with Crippen molar-refractivity contribution >= 4 is 63.1 Å². The molecule has 0 aliphatic rings. The summed E-state index contributed by atoms with van der Waals surface area (Å²) < 4.78 is -2.08. The van der Waals surface area contributed by atoms with Crippen LogP contribution in [0, 0.1) is 0 Å². The predicted octanol–water partition coefficient (Wildman–Crippen LogP) is 1.86. The zero-order chi connectivity index (χ0) is 13.1. The van der Waals surface area contributed by atoms with Gasteiger partial charge in [-0.15, -0.1) is 10.2 Å². The minimum Gasteiger partial charge on any atom is -0.481 e. The fraction of sp³-hybridized carbons (Fsp3) is 0.429. The van der Waals surface area contributed by atoms with Gasteiger partial charge in [0.25, 0.3) is 9.70 Å². The fourth-order valence-corrected chi connectivity index (χ4v) is 1.66. The Balaban J connectivity index is 2.57. The number of anilines is 1. The third-order valence-corrected chi connectivity index (χ3v) is 2.91. The van der Waals surface area contributed by atoms with Gasteiger partial charge in [0, 0.05) is 6.42 Å². The van der Waals surface area contributed by atoms with Gasteiger partial charge in [-0.05, 0) is 0 Å². The van der Waals surface area contributed by atoms with E-state index in [0.29, 0.717) is 5.01 Å². The van der Waals surface area contributed by atoms with E-state index in [2.05, 4.69) is 15.5 Å². The minimum absolute atomic E-state index is 0.0625. The Morgan fingerprint density at radius 2 is 2.00 bits per heavy atom. The van der Waals surface area contributed by atoms with Gasteiger partial charge in [-0.3, -0.25) is 14.9 Å². The molecule has 1 heterocycles. The van der Waals surface area contributed by atoms with E-state index >= 15 is 0 Å². The Morgan fingerprint density at radius 1 is 1.35 bits per heavy atom. The molecule has 1 amide bonds. The second kappa shape index (κ2) is 5.81. The molecule has 1 aromatic rings. The summed E-state index contributed by atoms with van der Waals surface area (Å²) in [5.74, 6) is -1.78. The zero-order valence-electron chi connectivity index (χ0n) is 8.11. The first-order valence-electron chi connectivity index (χ1n) is 4.21. The van der Waals surface area contributed by atoms with Crippen LogP contribution in [0.25, 0.3) is 0 Å². The molecule has 0 saturated heterocycles. The van der Waals surface area contributed by atoms with Crippen molar-refractivity contribution in [2.75, 3.05) is 5.32 Å². The van der Waals surface area contributed by atoms with Crippen molar-refractivity contribution < 1.29 is 14.7 Å². The first-order valence-corrected chi connectivity index (χ1v) is 6.16. The molecule has 0 bridgehead atoms. The van der Waals surface area contributed by atoms with Crippen LogP contribution in [0.2, 0.25) is 0 Å². The highest BCUT2D eigenvalue weighted by Gasteiger charge is 2.31. The van der Waals surface area contributed by atoms with Gasteiger partial charge in [-0.25, -0.2) is 0 Å². The number of carbonyl (C=O) groups excluding carboxylic acids is 1. The molecule has 6 nitrogen and oxygen atoms in total. The van der Waals surface area contributed by atoms with E-state index in [4.69, 9.17) is 39.9 Å². The van der Waals surface area contributed by atoms with Crippen LogP contribution in [0.1, 0.15) is 11.4 Å². The quantitative estimate of drug-likeness (QED) is 0.827. The maximum atomic E-state index is 11.2. The molecule has 1 aromatic heterocycles. The largest absolute Gasteiger partial charge is 0.481 e. The molecule has 17 heavy (non-hydrogen) atoms. The van der Waals surface area contributed by atoms with E-state index < -0.39 is 15.7 Å². The molecule has 0 unspecified atom stereocenters. The SMILES string of the molecule is O=C(O)CCc1nnc(NC(=O)C(Cl)(Cl)Cl)s1. The van der Waals surface area contributed by atoms with Crippen LogP contribution < -0.4 is 5.32 Å². The van der Waals surface area contributed by atoms with Crippen LogP contribution in [0.3, 0.4) is 0 Å². The summed E-state index contributed by atoms with van der Waals surface area (Å²) in [4.78, 5) is 21.6. The summed E-state index contributed by atoms with van der Waals surface area (Å²) in [6, 6.07) is 0. The van der Waals surface area contributed by atoms with Crippen molar-refractivity contribution in [2.45, 2.75) is 16.6 Å². The Bertz CT molecular complexity index is 431. The number of nitrogens with zero attached hydrogens (tertiary/aromatic N) is 2. The summed E-state index contributed by atoms with van der Waals surface area (Å²) in [5.41, 5.74) is 0. The number of hydrogen-bond acceptors (Lipinski definition) is 5. The molecule has 0 atom stereocenters. The summed E-state index contributed by atoms with van der Waals surface area (Å²) in [6.45, 7) is 0. The molecule has 0 fully saturated rings. The van der Waals surface area contributed by atoms with E-state index in [1.807, 2.05) is 0 Å².